The summed E-state index contributed by atoms with van der Waals surface area (Å²) in [4.78, 5) is 27.6. The van der Waals surface area contributed by atoms with E-state index in [2.05, 4.69) is 12.1 Å². The van der Waals surface area contributed by atoms with Gasteiger partial charge >= 0.3 is 0 Å². The van der Waals surface area contributed by atoms with E-state index in [4.69, 9.17) is 0 Å². The van der Waals surface area contributed by atoms with Crippen molar-refractivity contribution in [1.29, 1.82) is 0 Å². The molecular weight excluding hydrogens is 416 g/mol. The number of fused-ring (bicyclic) bond motifs is 2. The summed E-state index contributed by atoms with van der Waals surface area (Å²) in [6.07, 6.45) is 0. The maximum Gasteiger partial charge on any atom is 0.195 e. The number of ketones is 2. The van der Waals surface area contributed by atoms with Gasteiger partial charge in [-0.3, -0.25) is 9.59 Å². The lowest BCUT2D eigenvalue weighted by Crippen LogP contribution is -2.22. The zero-order chi connectivity index (χ0) is 23.1. The van der Waals surface area contributed by atoms with Crippen LogP contribution >= 0.6 is 0 Å². The second-order valence-corrected chi connectivity index (χ2v) is 8.40. The lowest BCUT2D eigenvalue weighted by atomic mass is 9.75. The second kappa shape index (κ2) is 8.09. The summed E-state index contributed by atoms with van der Waals surface area (Å²) in [5.41, 5.74) is 7.47. The van der Waals surface area contributed by atoms with Crippen LogP contribution in [0.4, 0.5) is 0 Å². The van der Waals surface area contributed by atoms with E-state index in [1.54, 1.807) is 12.1 Å². The van der Waals surface area contributed by atoms with Gasteiger partial charge in [0.25, 0.3) is 0 Å². The average Bonchev–Trinajstić information content (AvgIpc) is 2.92. The van der Waals surface area contributed by atoms with E-state index in [0.717, 1.165) is 33.4 Å². The Labute approximate surface area is 198 Å². The summed E-state index contributed by atoms with van der Waals surface area (Å²) in [6, 6.07) is 39.1. The van der Waals surface area contributed by atoms with Gasteiger partial charge in [-0.25, -0.2) is 0 Å². The zero-order valence-corrected chi connectivity index (χ0v) is 18.4. The predicted molar refractivity (Wildman–Crippen MR) is 136 cm³/mol. The van der Waals surface area contributed by atoms with Crippen LogP contribution in [0.5, 0.6) is 0 Å². The molecule has 0 heterocycles. The molecule has 2 nitrogen and oxygen atoms in total. The van der Waals surface area contributed by atoms with Crippen molar-refractivity contribution in [3.05, 3.63) is 144 Å². The first-order chi connectivity index (χ1) is 16.7. The predicted octanol–water partition coefficient (Wildman–Crippen LogP) is 7.46. The molecule has 5 aromatic carbocycles. The van der Waals surface area contributed by atoms with Crippen molar-refractivity contribution in [2.24, 2.45) is 0 Å². The molecule has 0 N–H and O–H groups in total. The van der Waals surface area contributed by atoms with Crippen LogP contribution in [0.1, 0.15) is 31.8 Å². The zero-order valence-electron chi connectivity index (χ0n) is 18.4. The Morgan fingerprint density at radius 2 is 0.765 bits per heavy atom. The topological polar surface area (TPSA) is 34.1 Å². The molecule has 6 rings (SSSR count). The fourth-order valence-corrected chi connectivity index (χ4v) is 4.90. The van der Waals surface area contributed by atoms with E-state index in [1.165, 1.54) is 0 Å². The van der Waals surface area contributed by atoms with E-state index >= 15 is 0 Å². The van der Waals surface area contributed by atoms with Gasteiger partial charge in [-0.2, -0.15) is 0 Å². The van der Waals surface area contributed by atoms with Gasteiger partial charge in [-0.15, -0.1) is 0 Å². The minimum absolute atomic E-state index is 0.110. The highest BCUT2D eigenvalue weighted by atomic mass is 16.1. The van der Waals surface area contributed by atoms with Crippen molar-refractivity contribution in [2.45, 2.75) is 0 Å². The fourth-order valence-electron chi connectivity index (χ4n) is 4.90. The minimum Gasteiger partial charge on any atom is -0.289 e. The third-order valence-electron chi connectivity index (χ3n) is 6.43. The quantitative estimate of drug-likeness (QED) is 0.288. The van der Waals surface area contributed by atoms with Gasteiger partial charge in [-0.05, 0) is 33.9 Å². The van der Waals surface area contributed by atoms with Gasteiger partial charge in [0.05, 0.1) is 0 Å². The molecule has 5 aromatic rings. The van der Waals surface area contributed by atoms with Crippen molar-refractivity contribution in [1.82, 2.24) is 0 Å². The largest absolute Gasteiger partial charge is 0.289 e. The lowest BCUT2D eigenvalue weighted by molar-refractivity contribution is 0.0979. The summed E-state index contributed by atoms with van der Waals surface area (Å²) in [6.45, 7) is 0. The molecule has 34 heavy (non-hydrogen) atoms. The summed E-state index contributed by atoms with van der Waals surface area (Å²) >= 11 is 0. The molecule has 2 heteroatoms. The molecule has 0 saturated carbocycles. The molecule has 0 unspecified atom stereocenters. The minimum atomic E-state index is -0.112. The molecule has 0 radical (unpaired) electrons. The van der Waals surface area contributed by atoms with Gasteiger partial charge < -0.3 is 0 Å². The Balaban J connectivity index is 1.80. The highest BCUT2D eigenvalue weighted by Gasteiger charge is 2.34. The maximum absolute atomic E-state index is 13.9. The first kappa shape index (κ1) is 20.1. The molecule has 0 saturated heterocycles. The Bertz CT molecular complexity index is 1550. The second-order valence-electron chi connectivity index (χ2n) is 8.40. The molecule has 0 atom stereocenters. The average molecular weight is 437 g/mol. The van der Waals surface area contributed by atoms with Crippen LogP contribution in [0.15, 0.2) is 121 Å². The van der Waals surface area contributed by atoms with E-state index in [0.29, 0.717) is 22.3 Å². The first-order valence-corrected chi connectivity index (χ1v) is 11.3. The third kappa shape index (κ3) is 3.12. The number of hydrogen-bond acceptors (Lipinski definition) is 2. The maximum atomic E-state index is 13.9. The van der Waals surface area contributed by atoms with Crippen LogP contribution in [0.25, 0.3) is 33.4 Å². The van der Waals surface area contributed by atoms with Gasteiger partial charge in [0.15, 0.2) is 11.6 Å². The van der Waals surface area contributed by atoms with E-state index in [1.807, 2.05) is 97.1 Å². The summed E-state index contributed by atoms with van der Waals surface area (Å²) in [7, 11) is 0. The lowest BCUT2D eigenvalue weighted by Gasteiger charge is -2.26. The first-order valence-electron chi connectivity index (χ1n) is 11.3. The molecule has 0 fully saturated rings. The Kier molecular flexibility index (Phi) is 4.78. The van der Waals surface area contributed by atoms with Crippen molar-refractivity contribution < 1.29 is 9.59 Å². The Morgan fingerprint density at radius 3 is 1.32 bits per heavy atom. The van der Waals surface area contributed by atoms with Crippen LogP contribution in [-0.2, 0) is 0 Å². The van der Waals surface area contributed by atoms with Gasteiger partial charge in [-0.1, -0.05) is 115 Å². The molecule has 0 aromatic heterocycles. The molecule has 0 bridgehead atoms. The van der Waals surface area contributed by atoms with Crippen molar-refractivity contribution in [2.75, 3.05) is 0 Å². The van der Waals surface area contributed by atoms with Gasteiger partial charge in [0.2, 0.25) is 0 Å². The normalized spacial score (nSPS) is 12.2. The number of carbonyl (C=O) groups is 2. The summed E-state index contributed by atoms with van der Waals surface area (Å²) in [5.74, 6) is -0.222. The molecule has 160 valence electrons. The number of carbonyl (C=O) groups excluding carboxylic acids is 2. The van der Waals surface area contributed by atoms with Crippen LogP contribution < -0.4 is 0 Å². The smallest absolute Gasteiger partial charge is 0.195 e. The number of benzene rings is 5. The van der Waals surface area contributed by atoms with Crippen molar-refractivity contribution in [3.8, 4) is 33.4 Å². The fraction of sp³-hybridized carbons (Fsp3) is 0. The van der Waals surface area contributed by atoms with Crippen molar-refractivity contribution in [3.63, 3.8) is 0 Å². The molecule has 0 spiro atoms. The van der Waals surface area contributed by atoms with Crippen molar-refractivity contribution >= 4 is 11.6 Å². The van der Waals surface area contributed by atoms with E-state index in [9.17, 15) is 9.59 Å². The van der Waals surface area contributed by atoms with E-state index in [-0.39, 0.29) is 11.6 Å². The Hall–Kier alpha value is -4.56. The standard InChI is InChI=1S/C32H20O2/c33-31-24-18-10-11-19-25(24)32(34)30-27(31)20-26(21-12-4-1-5-13-21)28(22-14-6-2-7-15-22)29(30)23-16-8-3-9-17-23/h1-20H. The SMILES string of the molecule is O=C1c2ccccc2C(=O)c2c1cc(-c1ccccc1)c(-c1ccccc1)c2-c1ccccc1. The highest BCUT2D eigenvalue weighted by molar-refractivity contribution is 6.31. The molecule has 1 aliphatic rings. The van der Waals surface area contributed by atoms with E-state index < -0.39 is 0 Å². The van der Waals surface area contributed by atoms with Crippen LogP contribution in [0.2, 0.25) is 0 Å². The molecule has 1 aliphatic carbocycles. The monoisotopic (exact) mass is 436 g/mol. The third-order valence-corrected chi connectivity index (χ3v) is 6.43. The molecule has 0 aliphatic heterocycles. The summed E-state index contributed by atoms with van der Waals surface area (Å²) in [5, 5.41) is 0. The number of rotatable bonds is 3. The van der Waals surface area contributed by atoms with Crippen LogP contribution in [0.3, 0.4) is 0 Å². The van der Waals surface area contributed by atoms with Crippen LogP contribution in [-0.4, -0.2) is 11.6 Å². The highest BCUT2D eigenvalue weighted by Crippen LogP contribution is 2.46. The number of hydrogen-bond donors (Lipinski definition) is 0. The molecular formula is C32H20O2. The summed E-state index contributed by atoms with van der Waals surface area (Å²) < 4.78 is 0. The van der Waals surface area contributed by atoms with Gasteiger partial charge in [0, 0.05) is 27.8 Å². The van der Waals surface area contributed by atoms with Gasteiger partial charge in [0.1, 0.15) is 0 Å². The Morgan fingerprint density at radius 1 is 0.324 bits per heavy atom. The van der Waals surface area contributed by atoms with Crippen LogP contribution in [0, 0.1) is 0 Å². The molecule has 0 amide bonds.